The van der Waals surface area contributed by atoms with Crippen molar-refractivity contribution in [1.29, 1.82) is 0 Å². The number of benzene rings is 1. The Morgan fingerprint density at radius 1 is 1.28 bits per heavy atom. The van der Waals surface area contributed by atoms with Crippen molar-refractivity contribution in [1.82, 2.24) is 0 Å². The highest BCUT2D eigenvalue weighted by atomic mass is 35.5. The van der Waals surface area contributed by atoms with Crippen molar-refractivity contribution in [2.75, 3.05) is 18.9 Å². The molecule has 18 heavy (non-hydrogen) atoms. The summed E-state index contributed by atoms with van der Waals surface area (Å²) in [6.45, 7) is 4.79. The lowest BCUT2D eigenvalue weighted by Crippen LogP contribution is -2.10. The molecule has 5 heteroatoms. The lowest BCUT2D eigenvalue weighted by atomic mass is 10.2. The van der Waals surface area contributed by atoms with Crippen molar-refractivity contribution in [3.63, 3.8) is 0 Å². The van der Waals surface area contributed by atoms with Crippen LogP contribution in [-0.2, 0) is 4.74 Å². The average Bonchev–Trinajstić information content (AvgIpc) is 2.36. The van der Waals surface area contributed by atoms with Crippen molar-refractivity contribution < 1.29 is 14.3 Å². The molecule has 2 N–H and O–H groups in total. The van der Waals surface area contributed by atoms with Crippen LogP contribution < -0.4 is 10.5 Å². The quantitative estimate of drug-likeness (QED) is 0.637. The Morgan fingerprint density at radius 3 is 2.56 bits per heavy atom. The van der Waals surface area contributed by atoms with E-state index in [2.05, 4.69) is 0 Å². The van der Waals surface area contributed by atoms with Gasteiger partial charge < -0.3 is 15.2 Å². The van der Waals surface area contributed by atoms with Crippen molar-refractivity contribution in [2.45, 2.75) is 26.7 Å². The second kappa shape index (κ2) is 7.11. The second-order valence-corrected chi connectivity index (χ2v) is 4.26. The summed E-state index contributed by atoms with van der Waals surface area (Å²) in [5.41, 5.74) is 6.40. The predicted octanol–water partition coefficient (Wildman–Crippen LogP) is 3.28. The molecule has 0 radical (unpaired) electrons. The molecule has 0 saturated heterocycles. The highest BCUT2D eigenvalue weighted by Gasteiger charge is 2.16. The van der Waals surface area contributed by atoms with Gasteiger partial charge in [0.25, 0.3) is 0 Å². The summed E-state index contributed by atoms with van der Waals surface area (Å²) in [5.74, 6) is -0.0234. The average molecular weight is 272 g/mol. The largest absolute Gasteiger partial charge is 0.493 e. The Hall–Kier alpha value is -1.42. The summed E-state index contributed by atoms with van der Waals surface area (Å²) in [4.78, 5) is 11.8. The number of halogens is 1. The van der Waals surface area contributed by atoms with Gasteiger partial charge in [-0.1, -0.05) is 25.4 Å². The first-order valence-corrected chi connectivity index (χ1v) is 6.36. The smallest absolute Gasteiger partial charge is 0.341 e. The van der Waals surface area contributed by atoms with Gasteiger partial charge in [-0.3, -0.25) is 0 Å². The van der Waals surface area contributed by atoms with Gasteiger partial charge in [0.15, 0.2) is 0 Å². The van der Waals surface area contributed by atoms with Gasteiger partial charge in [0.1, 0.15) is 11.3 Å². The number of hydrogen-bond donors (Lipinski definition) is 1. The number of esters is 1. The number of carbonyl (C=O) groups is 1. The lowest BCUT2D eigenvalue weighted by Gasteiger charge is -2.12. The molecule has 0 bridgehead atoms. The highest BCUT2D eigenvalue weighted by Crippen LogP contribution is 2.29. The third-order valence-electron chi connectivity index (χ3n) is 2.22. The number of anilines is 1. The molecule has 0 aliphatic heterocycles. The van der Waals surface area contributed by atoms with Gasteiger partial charge in [-0.25, -0.2) is 4.79 Å². The summed E-state index contributed by atoms with van der Waals surface area (Å²) in [6, 6.07) is 3.04. The maximum Gasteiger partial charge on any atom is 0.341 e. The highest BCUT2D eigenvalue weighted by molar-refractivity contribution is 6.33. The van der Waals surface area contributed by atoms with Crippen LogP contribution in [0, 0.1) is 0 Å². The summed E-state index contributed by atoms with van der Waals surface area (Å²) in [7, 11) is 0. The van der Waals surface area contributed by atoms with E-state index >= 15 is 0 Å². The zero-order valence-corrected chi connectivity index (χ0v) is 11.4. The van der Waals surface area contributed by atoms with Crippen LogP contribution in [-0.4, -0.2) is 19.2 Å². The van der Waals surface area contributed by atoms with Gasteiger partial charge in [-0.05, 0) is 18.9 Å². The van der Waals surface area contributed by atoms with Crippen LogP contribution in [0.25, 0.3) is 0 Å². The van der Waals surface area contributed by atoms with Crippen LogP contribution in [0.5, 0.6) is 5.75 Å². The maximum absolute atomic E-state index is 11.8. The number of nitrogen functional groups attached to an aromatic ring is 1. The molecule has 0 spiro atoms. The molecule has 0 fully saturated rings. The third-order valence-corrected chi connectivity index (χ3v) is 2.55. The van der Waals surface area contributed by atoms with Gasteiger partial charge in [-0.15, -0.1) is 0 Å². The molecule has 0 aliphatic rings. The molecule has 0 atom stereocenters. The van der Waals surface area contributed by atoms with E-state index in [1.807, 2.05) is 13.8 Å². The Morgan fingerprint density at radius 2 is 1.94 bits per heavy atom. The third kappa shape index (κ3) is 3.81. The molecule has 0 aliphatic carbocycles. The fraction of sp³-hybridized carbons (Fsp3) is 0.462. The fourth-order valence-corrected chi connectivity index (χ4v) is 1.50. The topological polar surface area (TPSA) is 61.5 Å². The number of ether oxygens (including phenoxy) is 2. The van der Waals surface area contributed by atoms with Crippen molar-refractivity contribution in [3.05, 3.63) is 22.7 Å². The number of carbonyl (C=O) groups excluding carboxylic acids is 1. The predicted molar refractivity (Wildman–Crippen MR) is 72.2 cm³/mol. The summed E-state index contributed by atoms with van der Waals surface area (Å²) < 4.78 is 10.6. The first kappa shape index (κ1) is 14.6. The Labute approximate surface area is 112 Å². The number of nitrogens with two attached hydrogens (primary N) is 1. The van der Waals surface area contributed by atoms with Crippen LogP contribution in [0.2, 0.25) is 5.02 Å². The molecule has 4 nitrogen and oxygen atoms in total. The van der Waals surface area contributed by atoms with E-state index in [0.717, 1.165) is 12.8 Å². The summed E-state index contributed by atoms with van der Waals surface area (Å²) in [5, 5.41) is 0.322. The van der Waals surface area contributed by atoms with Crippen LogP contribution in [0.3, 0.4) is 0 Å². The van der Waals surface area contributed by atoms with Gasteiger partial charge in [0, 0.05) is 6.07 Å². The van der Waals surface area contributed by atoms with Crippen molar-refractivity contribution in [2.24, 2.45) is 0 Å². The molecule has 0 aromatic heterocycles. The van der Waals surface area contributed by atoms with Crippen LogP contribution >= 0.6 is 11.6 Å². The van der Waals surface area contributed by atoms with Crippen LogP contribution in [0.4, 0.5) is 5.69 Å². The van der Waals surface area contributed by atoms with Gasteiger partial charge in [-0.2, -0.15) is 0 Å². The minimum absolute atomic E-state index is 0.316. The molecule has 0 saturated carbocycles. The van der Waals surface area contributed by atoms with Gasteiger partial charge in [0.2, 0.25) is 0 Å². The number of rotatable bonds is 6. The zero-order chi connectivity index (χ0) is 13.5. The van der Waals surface area contributed by atoms with Crippen molar-refractivity contribution >= 4 is 23.3 Å². The van der Waals surface area contributed by atoms with E-state index in [4.69, 9.17) is 26.8 Å². The molecule has 1 aromatic carbocycles. The second-order valence-electron chi connectivity index (χ2n) is 3.85. The molecular formula is C13H18ClNO3. The summed E-state index contributed by atoms with van der Waals surface area (Å²) in [6.07, 6.45) is 1.60. The standard InChI is InChI=1S/C13H18ClNO3/c1-3-5-17-12-8-11(15)10(14)7-9(12)13(16)18-6-4-2/h7-8H,3-6,15H2,1-2H3. The Balaban J connectivity index is 2.98. The Bertz CT molecular complexity index is 421. The monoisotopic (exact) mass is 271 g/mol. The van der Waals surface area contributed by atoms with E-state index in [-0.39, 0.29) is 0 Å². The van der Waals surface area contributed by atoms with Crippen molar-refractivity contribution in [3.8, 4) is 5.75 Å². The zero-order valence-electron chi connectivity index (χ0n) is 10.7. The minimum Gasteiger partial charge on any atom is -0.493 e. The Kier molecular flexibility index (Phi) is 5.78. The first-order chi connectivity index (χ1) is 8.60. The molecule has 0 heterocycles. The SMILES string of the molecule is CCCOC(=O)c1cc(Cl)c(N)cc1OCCC. The first-order valence-electron chi connectivity index (χ1n) is 5.99. The van der Waals surface area contributed by atoms with E-state index in [0.29, 0.717) is 35.2 Å². The van der Waals surface area contributed by atoms with Crippen LogP contribution in [0.1, 0.15) is 37.0 Å². The summed E-state index contributed by atoms with van der Waals surface area (Å²) >= 11 is 5.91. The molecule has 1 rings (SSSR count). The van der Waals surface area contributed by atoms with E-state index < -0.39 is 5.97 Å². The number of hydrogen-bond acceptors (Lipinski definition) is 4. The van der Waals surface area contributed by atoms with Gasteiger partial charge in [0.05, 0.1) is 23.9 Å². The van der Waals surface area contributed by atoms with Gasteiger partial charge >= 0.3 is 5.97 Å². The molecular weight excluding hydrogens is 254 g/mol. The molecule has 100 valence electrons. The molecule has 0 amide bonds. The minimum atomic E-state index is -0.440. The van der Waals surface area contributed by atoms with Crippen LogP contribution in [0.15, 0.2) is 12.1 Å². The lowest BCUT2D eigenvalue weighted by molar-refractivity contribution is 0.0500. The normalized spacial score (nSPS) is 10.2. The van der Waals surface area contributed by atoms with E-state index in [9.17, 15) is 4.79 Å². The molecule has 0 unspecified atom stereocenters. The van der Waals surface area contributed by atoms with E-state index in [1.54, 1.807) is 6.07 Å². The fourth-order valence-electron chi connectivity index (χ4n) is 1.33. The molecule has 1 aromatic rings. The van der Waals surface area contributed by atoms with E-state index in [1.165, 1.54) is 6.07 Å². The maximum atomic E-state index is 11.8.